The van der Waals surface area contributed by atoms with Gasteiger partial charge in [0, 0.05) is 34.1 Å². The number of rotatable bonds is 5. The second-order valence-electron chi connectivity index (χ2n) is 6.86. The minimum atomic E-state index is -2.87. The molecule has 1 aromatic heterocycles. The number of halogens is 2. The fraction of sp³-hybridized carbons (Fsp3) is 0.450. The molecule has 28 heavy (non-hydrogen) atoms. The molecule has 8 heteroatoms. The van der Waals surface area contributed by atoms with E-state index in [1.54, 1.807) is 11.8 Å². The summed E-state index contributed by atoms with van der Waals surface area (Å²) in [6.45, 7) is 1.70. The number of hydrogen-bond acceptors (Lipinski definition) is 5. The highest BCUT2D eigenvalue weighted by atomic mass is 32.2. The van der Waals surface area contributed by atoms with Gasteiger partial charge in [-0.25, -0.2) is 13.8 Å². The van der Waals surface area contributed by atoms with Crippen LogP contribution in [-0.4, -0.2) is 29.6 Å². The maximum atomic E-state index is 14.1. The number of hydrogen-bond donors (Lipinski definition) is 1. The summed E-state index contributed by atoms with van der Waals surface area (Å²) in [7, 11) is 0. The van der Waals surface area contributed by atoms with Crippen molar-refractivity contribution in [2.24, 2.45) is 5.92 Å². The molecule has 0 aliphatic heterocycles. The van der Waals surface area contributed by atoms with Gasteiger partial charge in [0.1, 0.15) is 6.54 Å². The Morgan fingerprint density at radius 2 is 2.14 bits per heavy atom. The number of nitrogens with zero attached hydrogens (tertiary/aromatic N) is 2. The Hall–Kier alpha value is -1.98. The molecule has 1 saturated carbocycles. The van der Waals surface area contributed by atoms with E-state index < -0.39 is 24.2 Å². The van der Waals surface area contributed by atoms with Crippen molar-refractivity contribution in [2.45, 2.75) is 42.9 Å². The van der Waals surface area contributed by atoms with Gasteiger partial charge in [-0.2, -0.15) is 5.26 Å². The molecule has 1 amide bonds. The molecule has 1 aliphatic rings. The third-order valence-corrected chi connectivity index (χ3v) is 6.81. The molecule has 1 N–H and O–H groups in total. The largest absolute Gasteiger partial charge is 0.343 e. The zero-order valence-electron chi connectivity index (χ0n) is 15.7. The summed E-state index contributed by atoms with van der Waals surface area (Å²) in [6, 6.07) is 9.80. The summed E-state index contributed by atoms with van der Waals surface area (Å²) >= 11 is 3.11. The highest BCUT2D eigenvalue weighted by molar-refractivity contribution is 7.98. The molecule has 0 saturated heterocycles. The number of amides is 1. The molecule has 0 spiro atoms. The van der Waals surface area contributed by atoms with Crippen LogP contribution in [0.4, 0.5) is 8.78 Å². The smallest absolute Gasteiger partial charge is 0.249 e. The molecule has 4 nitrogen and oxygen atoms in total. The van der Waals surface area contributed by atoms with Crippen molar-refractivity contribution in [3.05, 3.63) is 34.2 Å². The number of benzene rings is 1. The van der Waals surface area contributed by atoms with Gasteiger partial charge in [0.15, 0.2) is 0 Å². The van der Waals surface area contributed by atoms with Crippen LogP contribution >= 0.6 is 23.1 Å². The van der Waals surface area contributed by atoms with Crippen molar-refractivity contribution < 1.29 is 13.6 Å². The van der Waals surface area contributed by atoms with Crippen LogP contribution in [0.5, 0.6) is 0 Å². The van der Waals surface area contributed by atoms with Gasteiger partial charge in [0.25, 0.3) is 0 Å². The monoisotopic (exact) mass is 421 g/mol. The number of nitriles is 1. The molecule has 3 rings (SSSR count). The molecule has 1 heterocycles. The first-order valence-corrected chi connectivity index (χ1v) is 11.0. The minimum Gasteiger partial charge on any atom is -0.343 e. The molecule has 0 bridgehead atoms. The van der Waals surface area contributed by atoms with Gasteiger partial charge < -0.3 is 5.32 Å². The van der Waals surface area contributed by atoms with Gasteiger partial charge in [-0.05, 0) is 31.7 Å². The van der Waals surface area contributed by atoms with E-state index in [2.05, 4.69) is 10.3 Å². The highest BCUT2D eigenvalue weighted by Crippen LogP contribution is 2.48. The predicted molar refractivity (Wildman–Crippen MR) is 108 cm³/mol. The third kappa shape index (κ3) is 4.53. The standard InChI is InChI=1S/C20H21F2N3OS2/c1-12-25-17(13-3-5-14(27-2)6-4-13)18(28-12)15-7-8-20(21,22)11-16(15)19(26)24-10-9-23/h3-6,15-16H,7-8,10-11H2,1-2H3,(H,24,26)/t15-,16-/m1/s1. The average Bonchev–Trinajstić information content (AvgIpc) is 3.06. The van der Waals surface area contributed by atoms with Crippen molar-refractivity contribution >= 4 is 29.0 Å². The topological polar surface area (TPSA) is 65.8 Å². The zero-order valence-corrected chi connectivity index (χ0v) is 17.3. The third-order valence-electron chi connectivity index (χ3n) is 4.96. The summed E-state index contributed by atoms with van der Waals surface area (Å²) in [6.07, 6.45) is 1.47. The number of aromatic nitrogens is 1. The van der Waals surface area contributed by atoms with E-state index in [0.717, 1.165) is 26.0 Å². The minimum absolute atomic E-state index is 0.182. The van der Waals surface area contributed by atoms with E-state index in [1.807, 2.05) is 43.5 Å². The van der Waals surface area contributed by atoms with Crippen LogP contribution < -0.4 is 5.32 Å². The molecule has 0 radical (unpaired) electrons. The molecular formula is C20H21F2N3OS2. The van der Waals surface area contributed by atoms with Gasteiger partial charge in [-0.1, -0.05) is 12.1 Å². The van der Waals surface area contributed by atoms with Crippen LogP contribution in [0.2, 0.25) is 0 Å². The summed E-state index contributed by atoms with van der Waals surface area (Å²) in [5.41, 5.74) is 1.69. The van der Waals surface area contributed by atoms with Crippen molar-refractivity contribution in [3.8, 4) is 17.3 Å². The summed E-state index contributed by atoms with van der Waals surface area (Å²) in [5, 5.41) is 12.0. The fourth-order valence-electron chi connectivity index (χ4n) is 3.63. The van der Waals surface area contributed by atoms with Crippen molar-refractivity contribution in [2.75, 3.05) is 12.8 Å². The Morgan fingerprint density at radius 1 is 1.43 bits per heavy atom. The second-order valence-corrected chi connectivity index (χ2v) is 8.98. The van der Waals surface area contributed by atoms with Crippen LogP contribution in [0.1, 0.15) is 35.1 Å². The number of carbonyl (C=O) groups excluding carboxylic acids is 1. The summed E-state index contributed by atoms with van der Waals surface area (Å²) < 4.78 is 28.2. The Labute approximate surface area is 171 Å². The van der Waals surface area contributed by atoms with E-state index in [4.69, 9.17) is 5.26 Å². The van der Waals surface area contributed by atoms with Crippen LogP contribution in [0.3, 0.4) is 0 Å². The van der Waals surface area contributed by atoms with E-state index in [9.17, 15) is 13.6 Å². The van der Waals surface area contributed by atoms with E-state index in [-0.39, 0.29) is 25.3 Å². The molecule has 0 unspecified atom stereocenters. The first-order valence-electron chi connectivity index (χ1n) is 8.99. The lowest BCUT2D eigenvalue weighted by Gasteiger charge is -2.34. The Kier molecular flexibility index (Phi) is 6.36. The first-order chi connectivity index (χ1) is 13.3. The van der Waals surface area contributed by atoms with Crippen molar-refractivity contribution in [1.82, 2.24) is 10.3 Å². The molecule has 2 atom stereocenters. The van der Waals surface area contributed by atoms with Crippen molar-refractivity contribution in [1.29, 1.82) is 5.26 Å². The molecular weight excluding hydrogens is 400 g/mol. The Balaban J connectivity index is 1.98. The van der Waals surface area contributed by atoms with Crippen LogP contribution in [0.15, 0.2) is 29.2 Å². The Morgan fingerprint density at radius 3 is 2.79 bits per heavy atom. The van der Waals surface area contributed by atoms with Gasteiger partial charge in [-0.15, -0.1) is 23.1 Å². The number of thiazole rings is 1. The van der Waals surface area contributed by atoms with E-state index >= 15 is 0 Å². The highest BCUT2D eigenvalue weighted by Gasteiger charge is 2.46. The fourth-order valence-corrected chi connectivity index (χ4v) is 5.19. The number of nitrogens with one attached hydrogen (secondary N) is 1. The zero-order chi connectivity index (χ0) is 20.3. The summed E-state index contributed by atoms with van der Waals surface area (Å²) in [5.74, 6) is -4.56. The Bertz CT molecular complexity index is 890. The van der Waals surface area contributed by atoms with Crippen molar-refractivity contribution in [3.63, 3.8) is 0 Å². The summed E-state index contributed by atoms with van der Waals surface area (Å²) in [4.78, 5) is 19.2. The quantitative estimate of drug-likeness (QED) is 0.545. The van der Waals surface area contributed by atoms with Gasteiger partial charge in [0.2, 0.25) is 11.8 Å². The molecule has 2 aromatic rings. The predicted octanol–water partition coefficient (Wildman–Crippen LogP) is 5.00. The maximum absolute atomic E-state index is 14.1. The number of alkyl halides is 2. The van der Waals surface area contributed by atoms with Crippen LogP contribution in [0.25, 0.3) is 11.3 Å². The number of carbonyl (C=O) groups is 1. The lowest BCUT2D eigenvalue weighted by molar-refractivity contribution is -0.133. The van der Waals surface area contributed by atoms with Crippen LogP contribution in [-0.2, 0) is 4.79 Å². The van der Waals surface area contributed by atoms with E-state index in [1.165, 1.54) is 11.3 Å². The lowest BCUT2D eigenvalue weighted by atomic mass is 9.75. The molecule has 148 valence electrons. The second kappa shape index (κ2) is 8.58. The molecule has 1 fully saturated rings. The molecule has 1 aliphatic carbocycles. The average molecular weight is 422 g/mol. The van der Waals surface area contributed by atoms with Gasteiger partial charge in [0.05, 0.1) is 22.7 Å². The number of thioether (sulfide) groups is 1. The molecule has 1 aromatic carbocycles. The normalized spacial score (nSPS) is 21.1. The van der Waals surface area contributed by atoms with Gasteiger partial charge >= 0.3 is 0 Å². The number of aryl methyl sites for hydroxylation is 1. The van der Waals surface area contributed by atoms with E-state index in [0.29, 0.717) is 0 Å². The van der Waals surface area contributed by atoms with Gasteiger partial charge in [-0.3, -0.25) is 4.79 Å². The SMILES string of the molecule is CSc1ccc(-c2nc(C)sc2[C@@H]2CCC(F)(F)C[C@H]2C(=O)NCC#N)cc1. The van der Waals surface area contributed by atoms with Crippen LogP contribution in [0, 0.1) is 24.2 Å². The maximum Gasteiger partial charge on any atom is 0.249 e. The first kappa shape index (κ1) is 20.7. The lowest BCUT2D eigenvalue weighted by Crippen LogP contribution is -2.41.